The van der Waals surface area contributed by atoms with Crippen molar-refractivity contribution in [1.29, 1.82) is 0 Å². The van der Waals surface area contributed by atoms with Crippen LogP contribution < -0.4 is 0 Å². The normalized spacial score (nSPS) is 33.6. The summed E-state index contributed by atoms with van der Waals surface area (Å²) in [4.78, 5) is 25.4. The quantitative estimate of drug-likeness (QED) is 0.288. The van der Waals surface area contributed by atoms with Gasteiger partial charge in [-0.3, -0.25) is 9.35 Å². The van der Waals surface area contributed by atoms with E-state index in [1.165, 1.54) is 0 Å². The summed E-state index contributed by atoms with van der Waals surface area (Å²) in [6, 6.07) is 7.86. The van der Waals surface area contributed by atoms with E-state index in [1.54, 1.807) is 0 Å². The molecule has 1 aromatic carbocycles. The first-order valence-corrected chi connectivity index (χ1v) is 16.7. The van der Waals surface area contributed by atoms with Gasteiger partial charge in [0.05, 0.1) is 19.8 Å². The first-order chi connectivity index (χ1) is 17.3. The van der Waals surface area contributed by atoms with Crippen molar-refractivity contribution >= 4 is 31.9 Å². The van der Waals surface area contributed by atoms with Crippen molar-refractivity contribution in [1.82, 2.24) is 0 Å². The summed E-state index contributed by atoms with van der Waals surface area (Å²) in [6.45, 7) is 1.12. The molecule has 4 aliphatic carbocycles. The summed E-state index contributed by atoms with van der Waals surface area (Å²) in [5.41, 5.74) is 1.37. The van der Waals surface area contributed by atoms with Crippen LogP contribution in [0.25, 0.3) is 0 Å². The van der Waals surface area contributed by atoms with E-state index in [1.807, 2.05) is 18.2 Å². The van der Waals surface area contributed by atoms with Gasteiger partial charge in [0.15, 0.2) is 5.78 Å². The van der Waals surface area contributed by atoms with Crippen LogP contribution in [0, 0.1) is 23.2 Å². The number of hydrogen-bond acceptors (Lipinski definition) is 6. The van der Waals surface area contributed by atoms with Crippen LogP contribution in [0.5, 0.6) is 0 Å². The summed E-state index contributed by atoms with van der Waals surface area (Å²) >= 11 is 0. The van der Waals surface area contributed by atoms with E-state index in [0.29, 0.717) is 37.7 Å². The van der Waals surface area contributed by atoms with Crippen LogP contribution >= 0.6 is 10.0 Å². The van der Waals surface area contributed by atoms with Crippen molar-refractivity contribution < 1.29 is 40.8 Å². The monoisotopic (exact) mass is 560 g/mol. The third kappa shape index (κ3) is 5.08. The number of ether oxygens (including phenoxy) is 2. The van der Waals surface area contributed by atoms with Crippen molar-refractivity contribution in [3.05, 3.63) is 35.4 Å². The summed E-state index contributed by atoms with van der Waals surface area (Å²) in [6.07, 6.45) is 6.25. The van der Waals surface area contributed by atoms with Crippen molar-refractivity contribution in [3.8, 4) is 0 Å². The lowest BCUT2D eigenvalue weighted by molar-refractivity contribution is -0.173. The van der Waals surface area contributed by atoms with Crippen LogP contribution in [0.1, 0.15) is 53.9 Å². The molecule has 1 aromatic rings. The molecule has 206 valence electrons. The van der Waals surface area contributed by atoms with Gasteiger partial charge in [-0.05, 0) is 67.6 Å². The third-order valence-corrected chi connectivity index (χ3v) is 13.1. The second-order valence-corrected chi connectivity index (χ2v) is 17.2. The van der Waals surface area contributed by atoms with Crippen molar-refractivity contribution in [2.75, 3.05) is 43.3 Å². The highest BCUT2D eigenvalue weighted by Crippen LogP contribution is 2.65. The zero-order valence-electron chi connectivity index (χ0n) is 20.9. The highest BCUT2D eigenvalue weighted by atomic mass is 32.3. The molecule has 0 radical (unpaired) electrons. The predicted molar refractivity (Wildman–Crippen MR) is 136 cm³/mol. The van der Waals surface area contributed by atoms with Gasteiger partial charge in [-0.15, -0.1) is 0 Å². The Morgan fingerprint density at radius 2 is 1.76 bits per heavy atom. The average Bonchev–Trinajstić information content (AvgIpc) is 2.81. The third-order valence-electron chi connectivity index (χ3n) is 9.01. The molecule has 1 N–H and O–H groups in total. The van der Waals surface area contributed by atoms with E-state index in [9.17, 15) is 26.8 Å². The maximum Gasteiger partial charge on any atom is 0.465 e. The van der Waals surface area contributed by atoms with Crippen LogP contribution in [-0.2, 0) is 24.4 Å². The Bertz CT molecular complexity index is 1160. The fraction of sp³-hybridized carbons (Fsp3) is 0.692. The second-order valence-electron chi connectivity index (χ2n) is 11.7. The fourth-order valence-electron chi connectivity index (χ4n) is 7.59. The molecule has 1 heterocycles. The van der Waals surface area contributed by atoms with Gasteiger partial charge in [-0.25, -0.2) is 14.8 Å². The van der Waals surface area contributed by atoms with Gasteiger partial charge in [-0.1, -0.05) is 24.3 Å². The number of halogens is 2. The highest BCUT2D eigenvalue weighted by molar-refractivity contribution is 8.33. The van der Waals surface area contributed by atoms with Gasteiger partial charge in [0.2, 0.25) is 0 Å². The minimum absolute atomic E-state index is 0.178. The van der Waals surface area contributed by atoms with Crippen LogP contribution in [0.2, 0.25) is 0 Å². The van der Waals surface area contributed by atoms with Gasteiger partial charge >= 0.3 is 21.3 Å². The molecule has 5 aliphatic rings. The van der Waals surface area contributed by atoms with Crippen LogP contribution in [0.3, 0.4) is 0 Å². The number of rotatable bonds is 8. The molecular formula is C26H34F2O7S2. The van der Waals surface area contributed by atoms with Crippen LogP contribution in [0.4, 0.5) is 8.78 Å². The molecule has 7 nitrogen and oxygen atoms in total. The zero-order valence-corrected chi connectivity index (χ0v) is 22.5. The molecule has 0 aromatic heterocycles. The number of ketones is 1. The molecule has 4 bridgehead atoms. The van der Waals surface area contributed by atoms with Crippen molar-refractivity contribution in [3.63, 3.8) is 0 Å². The topological polar surface area (TPSA) is 107 Å². The number of hydrogen-bond donors (Lipinski definition) is 1. The number of carbonyl (C=O) groups is 2. The average molecular weight is 561 g/mol. The summed E-state index contributed by atoms with van der Waals surface area (Å²) < 4.78 is 68.4. The SMILES string of the molecule is CS1(CC(=O)c2ccccc2C2C3CC4CC2CC(COC(=O)C(F)(F)S(=O)(=O)O)(C4)C3)CCOCC1. The number of alkyl halides is 2. The lowest BCUT2D eigenvalue weighted by Gasteiger charge is -2.60. The Morgan fingerprint density at radius 1 is 1.14 bits per heavy atom. The van der Waals surface area contributed by atoms with Crippen molar-refractivity contribution in [2.24, 2.45) is 23.2 Å². The largest absolute Gasteiger partial charge is 0.465 e. The molecule has 4 saturated carbocycles. The first kappa shape index (κ1) is 27.0. The molecule has 5 fully saturated rings. The first-order valence-electron chi connectivity index (χ1n) is 12.8. The molecule has 1 saturated heterocycles. The Morgan fingerprint density at radius 3 is 2.38 bits per heavy atom. The Balaban J connectivity index is 1.33. The Hall–Kier alpha value is -1.56. The van der Waals surface area contributed by atoms with E-state index >= 15 is 0 Å². The molecule has 6 rings (SSSR count). The summed E-state index contributed by atoms with van der Waals surface area (Å²) in [5.74, 6) is 1.39. The maximum atomic E-state index is 13.7. The molecule has 2 atom stereocenters. The highest BCUT2D eigenvalue weighted by Gasteiger charge is 2.58. The van der Waals surface area contributed by atoms with E-state index in [4.69, 9.17) is 14.0 Å². The Kier molecular flexibility index (Phi) is 6.99. The zero-order chi connectivity index (χ0) is 26.6. The molecule has 0 amide bonds. The van der Waals surface area contributed by atoms with E-state index in [0.717, 1.165) is 41.9 Å². The number of carbonyl (C=O) groups excluding carboxylic acids is 2. The second kappa shape index (κ2) is 9.57. The predicted octanol–water partition coefficient (Wildman–Crippen LogP) is 4.27. The number of esters is 1. The fourth-order valence-corrected chi connectivity index (χ4v) is 10.2. The van der Waals surface area contributed by atoms with E-state index < -0.39 is 36.8 Å². The number of benzene rings is 1. The smallest absolute Gasteiger partial charge is 0.460 e. The van der Waals surface area contributed by atoms with Crippen molar-refractivity contribution in [2.45, 2.75) is 43.3 Å². The molecule has 0 spiro atoms. The molecular weight excluding hydrogens is 526 g/mol. The standard InChI is InChI=1S/C26H34F2O7S2/c1-36(8-6-34-7-9-36)15-22(29)20-4-2-3-5-21(20)23-18-10-17-11-19(23)14-25(12-17,13-18)16-35-24(30)26(27,28)37(31,32)33/h2-5,17-19,23H,6-16H2,1H3,(H,31,32,33). The lowest BCUT2D eigenvalue weighted by Crippen LogP contribution is -2.52. The molecule has 1 aliphatic heterocycles. The summed E-state index contributed by atoms with van der Waals surface area (Å²) in [5, 5.41) is -4.99. The van der Waals surface area contributed by atoms with Gasteiger partial charge in [0, 0.05) is 28.2 Å². The molecule has 11 heteroatoms. The molecule has 37 heavy (non-hydrogen) atoms. The van der Waals surface area contributed by atoms with Gasteiger partial charge in [0.1, 0.15) is 0 Å². The molecule has 2 unspecified atom stereocenters. The van der Waals surface area contributed by atoms with Gasteiger partial charge in [-0.2, -0.15) is 17.2 Å². The summed E-state index contributed by atoms with van der Waals surface area (Å²) in [7, 11) is -6.95. The minimum Gasteiger partial charge on any atom is -0.460 e. The minimum atomic E-state index is -5.90. The van der Waals surface area contributed by atoms with Crippen LogP contribution in [0.15, 0.2) is 24.3 Å². The van der Waals surface area contributed by atoms with E-state index in [2.05, 4.69) is 12.3 Å². The number of Topliss-reactive ketones (excluding diaryl/α,β-unsaturated/α-hetero) is 1. The van der Waals surface area contributed by atoms with Gasteiger partial charge in [0.25, 0.3) is 0 Å². The van der Waals surface area contributed by atoms with E-state index in [-0.39, 0.29) is 30.1 Å². The van der Waals surface area contributed by atoms with Gasteiger partial charge < -0.3 is 9.47 Å². The lowest BCUT2D eigenvalue weighted by atomic mass is 9.45. The Labute approximate surface area is 217 Å². The maximum absolute atomic E-state index is 13.7. The van der Waals surface area contributed by atoms with Crippen LogP contribution in [-0.4, -0.2) is 73.3 Å².